The largest absolute Gasteiger partial charge is 0.392 e. The Balaban J connectivity index is 1.57. The number of amides is 3. The summed E-state index contributed by atoms with van der Waals surface area (Å²) in [5.41, 5.74) is 4.49. The quantitative estimate of drug-likeness (QED) is 0.582. The maximum Gasteiger partial charge on any atom is 0.236 e. The number of carbonyl (C=O) groups excluding carboxylic acids is 3. The topological polar surface area (TPSA) is 116 Å². The summed E-state index contributed by atoms with van der Waals surface area (Å²) in [6, 6.07) is 0. The van der Waals surface area contributed by atoms with Crippen molar-refractivity contribution in [3.8, 4) is 0 Å². The molecule has 3 aliphatic rings. The van der Waals surface area contributed by atoms with Gasteiger partial charge in [-0.25, -0.2) is 0 Å². The number of aliphatic hydroxyl groups excluding tert-OH is 1. The second-order valence-electron chi connectivity index (χ2n) is 7.59. The van der Waals surface area contributed by atoms with Crippen molar-refractivity contribution < 1.29 is 19.5 Å². The maximum absolute atomic E-state index is 12.7. The molecule has 3 heterocycles. The third-order valence-electron chi connectivity index (χ3n) is 6.02. The van der Waals surface area contributed by atoms with Crippen molar-refractivity contribution in [2.45, 2.75) is 38.2 Å². The molecule has 2 atom stereocenters. The van der Waals surface area contributed by atoms with Gasteiger partial charge in [0.05, 0.1) is 18.1 Å². The lowest BCUT2D eigenvalue weighted by Crippen LogP contribution is -2.62. The molecule has 0 aliphatic carbocycles. The van der Waals surface area contributed by atoms with Gasteiger partial charge in [-0.05, 0) is 45.2 Å². The van der Waals surface area contributed by atoms with Crippen LogP contribution in [0, 0.1) is 11.3 Å². The lowest BCUT2D eigenvalue weighted by atomic mass is 9.71. The first-order valence-corrected chi connectivity index (χ1v) is 9.18. The van der Waals surface area contributed by atoms with Crippen molar-refractivity contribution in [2.24, 2.45) is 17.1 Å². The first kappa shape index (κ1) is 18.1. The Morgan fingerprint density at radius 1 is 1.24 bits per heavy atom. The Morgan fingerprint density at radius 2 is 1.96 bits per heavy atom. The van der Waals surface area contributed by atoms with Crippen LogP contribution in [0.2, 0.25) is 0 Å². The van der Waals surface area contributed by atoms with Gasteiger partial charge in [0.15, 0.2) is 0 Å². The fourth-order valence-electron chi connectivity index (χ4n) is 4.32. The Labute approximate surface area is 147 Å². The number of primary amides is 1. The zero-order chi connectivity index (χ0) is 18.0. The summed E-state index contributed by atoms with van der Waals surface area (Å²) in [6.45, 7) is 3.06. The number of hydrogen-bond donors (Lipinski definition) is 3. The van der Waals surface area contributed by atoms with E-state index in [2.05, 4.69) is 5.32 Å². The monoisotopic (exact) mass is 352 g/mol. The number of likely N-dealkylation sites (tertiary alicyclic amines) is 2. The van der Waals surface area contributed by atoms with Crippen molar-refractivity contribution in [3.63, 3.8) is 0 Å². The van der Waals surface area contributed by atoms with E-state index in [4.69, 9.17) is 5.73 Å². The van der Waals surface area contributed by atoms with Crippen molar-refractivity contribution in [3.05, 3.63) is 0 Å². The first-order valence-electron chi connectivity index (χ1n) is 9.18. The third kappa shape index (κ3) is 3.64. The van der Waals surface area contributed by atoms with E-state index >= 15 is 0 Å². The lowest BCUT2D eigenvalue weighted by Gasteiger charge is -2.47. The summed E-state index contributed by atoms with van der Waals surface area (Å²) < 4.78 is 0. The van der Waals surface area contributed by atoms with Crippen molar-refractivity contribution in [1.29, 1.82) is 0 Å². The first-order chi connectivity index (χ1) is 11.9. The maximum atomic E-state index is 12.7. The van der Waals surface area contributed by atoms with E-state index in [1.165, 1.54) is 0 Å². The summed E-state index contributed by atoms with van der Waals surface area (Å²) in [5.74, 6) is -0.500. The molecule has 1 spiro atoms. The number of carbonyl (C=O) groups is 3. The average molecular weight is 352 g/mol. The highest BCUT2D eigenvalue weighted by atomic mass is 16.3. The van der Waals surface area contributed by atoms with Crippen LogP contribution in [-0.4, -0.2) is 78.0 Å². The normalized spacial score (nSPS) is 31.8. The predicted octanol–water partition coefficient (Wildman–Crippen LogP) is -1.33. The van der Waals surface area contributed by atoms with Crippen LogP contribution in [0.3, 0.4) is 0 Å². The molecule has 4 N–H and O–H groups in total. The molecule has 3 rings (SSSR count). The molecule has 0 aromatic rings. The fraction of sp³-hybridized carbons (Fsp3) is 0.824. The van der Waals surface area contributed by atoms with Gasteiger partial charge >= 0.3 is 0 Å². The summed E-state index contributed by atoms with van der Waals surface area (Å²) >= 11 is 0. The van der Waals surface area contributed by atoms with Crippen LogP contribution in [0.25, 0.3) is 0 Å². The number of aliphatic hydroxyl groups is 1. The molecule has 0 aromatic carbocycles. The lowest BCUT2D eigenvalue weighted by molar-refractivity contribution is -0.155. The van der Waals surface area contributed by atoms with Gasteiger partial charge in [0.25, 0.3) is 0 Å². The Bertz CT molecular complexity index is 547. The molecule has 25 heavy (non-hydrogen) atoms. The molecule has 8 heteroatoms. The van der Waals surface area contributed by atoms with Crippen molar-refractivity contribution >= 4 is 17.7 Å². The summed E-state index contributed by atoms with van der Waals surface area (Å²) in [5, 5.41) is 13.2. The standard InChI is InChI=1S/C17H28N4O4/c18-15(24)12-2-7-20(8-3-12)10-14(23)21-9-4-13(22)17(11-21)5-1-6-19-16(17)25/h12-13,22H,1-11H2,(H2,18,24)(H,19,25)/t13-,17+/m0/s1. The van der Waals surface area contributed by atoms with E-state index in [0.717, 1.165) is 6.42 Å². The number of hydrogen-bond acceptors (Lipinski definition) is 5. The molecule has 3 fully saturated rings. The predicted molar refractivity (Wildman–Crippen MR) is 90.2 cm³/mol. The third-order valence-corrected chi connectivity index (χ3v) is 6.02. The Hall–Kier alpha value is -1.67. The molecule has 3 aliphatic heterocycles. The van der Waals surface area contributed by atoms with E-state index in [-0.39, 0.29) is 30.2 Å². The van der Waals surface area contributed by atoms with E-state index in [1.54, 1.807) is 4.90 Å². The molecule has 3 amide bonds. The number of nitrogens with one attached hydrogen (secondary N) is 1. The van der Waals surface area contributed by atoms with Crippen LogP contribution in [0.5, 0.6) is 0 Å². The second-order valence-corrected chi connectivity index (χ2v) is 7.59. The molecule has 3 saturated heterocycles. The van der Waals surface area contributed by atoms with Crippen molar-refractivity contribution in [2.75, 3.05) is 39.3 Å². The van der Waals surface area contributed by atoms with E-state index in [9.17, 15) is 19.5 Å². The molecule has 0 unspecified atom stereocenters. The van der Waals surface area contributed by atoms with E-state index in [1.807, 2.05) is 4.90 Å². The van der Waals surface area contributed by atoms with Crippen LogP contribution < -0.4 is 11.1 Å². The van der Waals surface area contributed by atoms with Gasteiger partial charge in [-0.2, -0.15) is 0 Å². The van der Waals surface area contributed by atoms with Gasteiger partial charge in [-0.3, -0.25) is 19.3 Å². The molecule has 0 radical (unpaired) electrons. The summed E-state index contributed by atoms with van der Waals surface area (Å²) in [6.07, 6.45) is 2.56. The highest BCUT2D eigenvalue weighted by Gasteiger charge is 2.50. The van der Waals surface area contributed by atoms with Gasteiger partial charge in [-0.1, -0.05) is 0 Å². The molecule has 140 valence electrons. The average Bonchev–Trinajstić information content (AvgIpc) is 2.60. The zero-order valence-corrected chi connectivity index (χ0v) is 14.6. The van der Waals surface area contributed by atoms with Gasteiger partial charge in [0.2, 0.25) is 17.7 Å². The molecular formula is C17H28N4O4. The Morgan fingerprint density at radius 3 is 2.60 bits per heavy atom. The zero-order valence-electron chi connectivity index (χ0n) is 14.6. The minimum absolute atomic E-state index is 0.0119. The van der Waals surface area contributed by atoms with Crippen LogP contribution in [0.1, 0.15) is 32.1 Å². The molecule has 0 saturated carbocycles. The van der Waals surface area contributed by atoms with Crippen LogP contribution in [-0.2, 0) is 14.4 Å². The van der Waals surface area contributed by atoms with Crippen LogP contribution in [0.15, 0.2) is 0 Å². The number of nitrogens with two attached hydrogens (primary N) is 1. The molecule has 0 bridgehead atoms. The summed E-state index contributed by atoms with van der Waals surface area (Å²) in [4.78, 5) is 40.1. The van der Waals surface area contributed by atoms with E-state index in [0.29, 0.717) is 58.4 Å². The molecule has 0 aromatic heterocycles. The smallest absolute Gasteiger partial charge is 0.236 e. The SMILES string of the molecule is NC(=O)C1CCN(CC(=O)N2CC[C@H](O)[C@@]3(CCCNC3=O)C2)CC1. The highest BCUT2D eigenvalue weighted by molar-refractivity contribution is 5.86. The van der Waals surface area contributed by atoms with Crippen LogP contribution >= 0.6 is 0 Å². The summed E-state index contributed by atoms with van der Waals surface area (Å²) in [7, 11) is 0. The fourth-order valence-corrected chi connectivity index (χ4v) is 4.32. The number of rotatable bonds is 3. The Kier molecular flexibility index (Phi) is 5.29. The minimum atomic E-state index is -0.856. The van der Waals surface area contributed by atoms with Gasteiger partial charge in [-0.15, -0.1) is 0 Å². The molecular weight excluding hydrogens is 324 g/mol. The second kappa shape index (κ2) is 7.29. The number of piperidine rings is 3. The van der Waals surface area contributed by atoms with Crippen LogP contribution in [0.4, 0.5) is 0 Å². The minimum Gasteiger partial charge on any atom is -0.392 e. The van der Waals surface area contributed by atoms with Gasteiger partial charge < -0.3 is 21.1 Å². The number of nitrogens with zero attached hydrogens (tertiary/aromatic N) is 2. The van der Waals surface area contributed by atoms with Gasteiger partial charge in [0, 0.05) is 25.6 Å². The van der Waals surface area contributed by atoms with Crippen molar-refractivity contribution in [1.82, 2.24) is 15.1 Å². The van der Waals surface area contributed by atoms with E-state index < -0.39 is 11.5 Å². The van der Waals surface area contributed by atoms with Gasteiger partial charge in [0.1, 0.15) is 0 Å². The highest BCUT2D eigenvalue weighted by Crippen LogP contribution is 2.37. The molecule has 8 nitrogen and oxygen atoms in total.